The number of nitrogens with zero attached hydrogens (tertiary/aromatic N) is 1. The summed E-state index contributed by atoms with van der Waals surface area (Å²) in [6, 6.07) is 20.0. The molecule has 2 unspecified atom stereocenters. The number of ether oxygens (including phenoxy) is 1. The minimum Gasteiger partial charge on any atom is -0.361 e. The Labute approximate surface area is 118 Å². The molecule has 3 heteroatoms. The second-order valence-corrected chi connectivity index (χ2v) is 5.00. The standard InChI is InChI=1S/C17H17NO2/c1-18-15(19)12-20-17(14-10-6-3-7-11-14)16(18)13-8-4-2-5-9-13/h2-11,16-17H,12H2,1H3. The van der Waals surface area contributed by atoms with Gasteiger partial charge < -0.3 is 9.64 Å². The lowest BCUT2D eigenvalue weighted by molar-refractivity contribution is -0.155. The van der Waals surface area contributed by atoms with Crippen LogP contribution in [0, 0.1) is 0 Å². The van der Waals surface area contributed by atoms with Crippen LogP contribution in [0.3, 0.4) is 0 Å². The highest BCUT2D eigenvalue weighted by molar-refractivity contribution is 5.78. The summed E-state index contributed by atoms with van der Waals surface area (Å²) in [4.78, 5) is 13.7. The van der Waals surface area contributed by atoms with Gasteiger partial charge >= 0.3 is 0 Å². The van der Waals surface area contributed by atoms with Crippen LogP contribution in [0.5, 0.6) is 0 Å². The molecule has 20 heavy (non-hydrogen) atoms. The van der Waals surface area contributed by atoms with E-state index in [1.54, 1.807) is 4.90 Å². The summed E-state index contributed by atoms with van der Waals surface area (Å²) in [6.45, 7) is 0.138. The first-order chi connectivity index (χ1) is 9.77. The van der Waals surface area contributed by atoms with Gasteiger partial charge in [-0.15, -0.1) is 0 Å². The molecular formula is C17H17NO2. The number of likely N-dealkylation sites (N-methyl/N-ethyl adjacent to an activating group) is 1. The smallest absolute Gasteiger partial charge is 0.248 e. The predicted molar refractivity (Wildman–Crippen MR) is 77.1 cm³/mol. The predicted octanol–water partition coefficient (Wildman–Crippen LogP) is 2.96. The highest BCUT2D eigenvalue weighted by Gasteiger charge is 2.36. The zero-order chi connectivity index (χ0) is 13.9. The van der Waals surface area contributed by atoms with E-state index in [4.69, 9.17) is 4.74 Å². The van der Waals surface area contributed by atoms with Crippen LogP contribution in [0.25, 0.3) is 0 Å². The average Bonchev–Trinajstić information content (AvgIpc) is 2.51. The van der Waals surface area contributed by atoms with Crippen LogP contribution < -0.4 is 0 Å². The van der Waals surface area contributed by atoms with Gasteiger partial charge in [-0.05, 0) is 11.1 Å². The Morgan fingerprint density at radius 1 is 0.950 bits per heavy atom. The van der Waals surface area contributed by atoms with Crippen molar-refractivity contribution in [1.29, 1.82) is 0 Å². The fourth-order valence-electron chi connectivity index (χ4n) is 2.68. The van der Waals surface area contributed by atoms with Crippen LogP contribution in [0.15, 0.2) is 60.7 Å². The van der Waals surface area contributed by atoms with Gasteiger partial charge in [0.25, 0.3) is 0 Å². The van der Waals surface area contributed by atoms with E-state index in [-0.39, 0.29) is 24.7 Å². The van der Waals surface area contributed by atoms with Gasteiger partial charge in [0.1, 0.15) is 12.7 Å². The Bertz CT molecular complexity index is 582. The number of hydrogen-bond acceptors (Lipinski definition) is 2. The van der Waals surface area contributed by atoms with Gasteiger partial charge in [-0.2, -0.15) is 0 Å². The molecule has 102 valence electrons. The highest BCUT2D eigenvalue weighted by Crippen LogP contribution is 2.38. The van der Waals surface area contributed by atoms with Crippen molar-refractivity contribution in [2.45, 2.75) is 12.1 Å². The largest absolute Gasteiger partial charge is 0.361 e. The van der Waals surface area contributed by atoms with E-state index in [2.05, 4.69) is 0 Å². The van der Waals surface area contributed by atoms with Crippen molar-refractivity contribution in [2.24, 2.45) is 0 Å². The molecule has 1 heterocycles. The molecular weight excluding hydrogens is 250 g/mol. The Morgan fingerprint density at radius 3 is 2.10 bits per heavy atom. The van der Waals surface area contributed by atoms with E-state index in [0.29, 0.717) is 0 Å². The van der Waals surface area contributed by atoms with E-state index in [1.807, 2.05) is 67.7 Å². The first-order valence-electron chi connectivity index (χ1n) is 6.74. The molecule has 1 fully saturated rings. The molecule has 0 aliphatic carbocycles. The fourth-order valence-corrected chi connectivity index (χ4v) is 2.68. The molecule has 0 aromatic heterocycles. The minimum atomic E-state index is -0.124. The van der Waals surface area contributed by atoms with Crippen LogP contribution in [0.4, 0.5) is 0 Å². The van der Waals surface area contributed by atoms with Crippen molar-refractivity contribution in [1.82, 2.24) is 4.90 Å². The van der Waals surface area contributed by atoms with Crippen LogP contribution in [0.2, 0.25) is 0 Å². The number of amides is 1. The number of morpholine rings is 1. The maximum Gasteiger partial charge on any atom is 0.248 e. The summed E-state index contributed by atoms with van der Waals surface area (Å²) in [7, 11) is 1.85. The summed E-state index contributed by atoms with van der Waals surface area (Å²) in [6.07, 6.45) is -0.124. The fraction of sp³-hybridized carbons (Fsp3) is 0.235. The maximum absolute atomic E-state index is 12.0. The summed E-state index contributed by atoms with van der Waals surface area (Å²) < 4.78 is 5.82. The molecule has 2 atom stereocenters. The summed E-state index contributed by atoms with van der Waals surface area (Å²) in [5.41, 5.74) is 2.19. The average molecular weight is 267 g/mol. The zero-order valence-corrected chi connectivity index (χ0v) is 11.4. The second-order valence-electron chi connectivity index (χ2n) is 5.00. The molecule has 1 amide bonds. The molecule has 0 saturated carbocycles. The van der Waals surface area contributed by atoms with Crippen LogP contribution in [-0.4, -0.2) is 24.5 Å². The first-order valence-corrected chi connectivity index (χ1v) is 6.74. The van der Waals surface area contributed by atoms with E-state index in [0.717, 1.165) is 11.1 Å². The monoisotopic (exact) mass is 267 g/mol. The van der Waals surface area contributed by atoms with E-state index < -0.39 is 0 Å². The number of hydrogen-bond donors (Lipinski definition) is 0. The van der Waals surface area contributed by atoms with Crippen molar-refractivity contribution >= 4 is 5.91 Å². The van der Waals surface area contributed by atoms with Crippen LogP contribution in [0.1, 0.15) is 23.3 Å². The second kappa shape index (κ2) is 5.47. The van der Waals surface area contributed by atoms with Crippen molar-refractivity contribution in [3.8, 4) is 0 Å². The Hall–Kier alpha value is -2.13. The van der Waals surface area contributed by atoms with Crippen molar-refractivity contribution in [3.63, 3.8) is 0 Å². The van der Waals surface area contributed by atoms with Crippen molar-refractivity contribution < 1.29 is 9.53 Å². The van der Waals surface area contributed by atoms with Gasteiger partial charge in [0, 0.05) is 7.05 Å². The molecule has 3 nitrogen and oxygen atoms in total. The molecule has 0 N–H and O–H groups in total. The van der Waals surface area contributed by atoms with E-state index in [9.17, 15) is 4.79 Å². The lowest BCUT2D eigenvalue weighted by Crippen LogP contribution is -2.43. The third-order valence-corrected chi connectivity index (χ3v) is 3.75. The molecule has 2 aromatic carbocycles. The topological polar surface area (TPSA) is 29.5 Å². The van der Waals surface area contributed by atoms with Crippen LogP contribution in [-0.2, 0) is 9.53 Å². The lowest BCUT2D eigenvalue weighted by atomic mass is 9.93. The Balaban J connectivity index is 2.01. The van der Waals surface area contributed by atoms with Crippen molar-refractivity contribution in [3.05, 3.63) is 71.8 Å². The third-order valence-electron chi connectivity index (χ3n) is 3.75. The SMILES string of the molecule is CN1C(=O)COC(c2ccccc2)C1c1ccccc1. The van der Waals surface area contributed by atoms with E-state index in [1.165, 1.54) is 0 Å². The number of carbonyl (C=O) groups is 1. The van der Waals surface area contributed by atoms with E-state index >= 15 is 0 Å². The number of carbonyl (C=O) groups excluding carboxylic acids is 1. The molecule has 1 saturated heterocycles. The molecule has 2 aromatic rings. The van der Waals surface area contributed by atoms with Gasteiger partial charge in [0.15, 0.2) is 0 Å². The van der Waals surface area contributed by atoms with Gasteiger partial charge in [0.05, 0.1) is 6.04 Å². The Morgan fingerprint density at radius 2 is 1.50 bits per heavy atom. The highest BCUT2D eigenvalue weighted by atomic mass is 16.5. The van der Waals surface area contributed by atoms with Gasteiger partial charge in [-0.25, -0.2) is 0 Å². The van der Waals surface area contributed by atoms with Gasteiger partial charge in [0.2, 0.25) is 5.91 Å². The number of benzene rings is 2. The molecule has 1 aliphatic heterocycles. The minimum absolute atomic E-state index is 0.0195. The third kappa shape index (κ3) is 2.32. The van der Waals surface area contributed by atoms with Crippen LogP contribution >= 0.6 is 0 Å². The molecule has 1 aliphatic rings. The maximum atomic E-state index is 12.0. The van der Waals surface area contributed by atoms with Crippen molar-refractivity contribution in [2.75, 3.05) is 13.7 Å². The van der Waals surface area contributed by atoms with Gasteiger partial charge in [-0.3, -0.25) is 4.79 Å². The molecule has 0 bridgehead atoms. The number of rotatable bonds is 2. The lowest BCUT2D eigenvalue weighted by Gasteiger charge is -2.39. The molecule has 3 rings (SSSR count). The molecule has 0 spiro atoms. The summed E-state index contributed by atoms with van der Waals surface area (Å²) in [5, 5.41) is 0. The zero-order valence-electron chi connectivity index (χ0n) is 11.4. The normalized spacial score (nSPS) is 22.9. The first kappa shape index (κ1) is 12.9. The van der Waals surface area contributed by atoms with Gasteiger partial charge in [-0.1, -0.05) is 60.7 Å². The Kier molecular flexibility index (Phi) is 3.52. The molecule has 0 radical (unpaired) electrons. The summed E-state index contributed by atoms with van der Waals surface area (Å²) >= 11 is 0. The summed E-state index contributed by atoms with van der Waals surface area (Å²) in [5.74, 6) is 0.0195. The quantitative estimate of drug-likeness (QED) is 0.837.